The minimum absolute atomic E-state index is 0. The van der Waals surface area contributed by atoms with Crippen molar-refractivity contribution in [3.05, 3.63) is 284 Å². The van der Waals surface area contributed by atoms with E-state index in [1.165, 1.54) is 99.5 Å². The van der Waals surface area contributed by atoms with Crippen LogP contribution in [0.1, 0.15) is 195 Å². The average Bonchev–Trinajstić information content (AvgIpc) is 1.60. The first-order chi connectivity index (χ1) is 65.3. The fourth-order valence-electron chi connectivity index (χ4n) is 16.2. The number of esters is 1. The molecule has 140 heavy (non-hydrogen) atoms. The van der Waals surface area contributed by atoms with Crippen molar-refractivity contribution in [1.82, 2.24) is 0 Å². The van der Waals surface area contributed by atoms with E-state index in [4.69, 9.17) is 55.8 Å². The number of allylic oxidation sites excluding steroid dienone is 10. The van der Waals surface area contributed by atoms with Crippen LogP contribution in [0.2, 0.25) is 0 Å². The summed E-state index contributed by atoms with van der Waals surface area (Å²) in [5.74, 6) is 3.45. The zero-order valence-corrected chi connectivity index (χ0v) is 89.4. The number of methoxy groups -OCH3 is 6. The van der Waals surface area contributed by atoms with E-state index in [2.05, 4.69) is 202 Å². The Hall–Kier alpha value is -10.1. The number of aryl methyl sites for hydroxylation is 2. The summed E-state index contributed by atoms with van der Waals surface area (Å²) < 4.78 is 157. The van der Waals surface area contributed by atoms with Crippen molar-refractivity contribution in [2.75, 3.05) is 104 Å². The summed E-state index contributed by atoms with van der Waals surface area (Å²) in [6.07, 6.45) is 23.1. The Morgan fingerprint density at radius 1 is 0.564 bits per heavy atom. The number of ether oxygens (including phenoxy) is 7. The third-order valence-electron chi connectivity index (χ3n) is 24.5. The van der Waals surface area contributed by atoms with Crippen LogP contribution in [0, 0.1) is 13.8 Å². The molecular weight excluding hydrogens is 1920 g/mol. The molecule has 0 spiro atoms. The van der Waals surface area contributed by atoms with Crippen molar-refractivity contribution >= 4 is 121 Å². The molecule has 0 amide bonds. The number of anilines is 3. The Kier molecular flexibility index (Phi) is 44.3. The maximum absolute atomic E-state index is 11.6. The van der Waals surface area contributed by atoms with Gasteiger partial charge in [-0.15, -0.1) is 12.4 Å². The van der Waals surface area contributed by atoms with Crippen LogP contribution >= 0.6 is 43.4 Å². The van der Waals surface area contributed by atoms with Gasteiger partial charge in [-0.2, -0.15) is 13.0 Å². The third-order valence-corrected chi connectivity index (χ3v) is 27.7. The number of hydrogen-bond acceptors (Lipinski definition) is 19. The van der Waals surface area contributed by atoms with Crippen molar-refractivity contribution < 1.29 is 93.3 Å². The number of carbonyl (C=O) groups is 1. The van der Waals surface area contributed by atoms with Crippen molar-refractivity contribution in [3.8, 4) is 23.0 Å². The maximum atomic E-state index is 11.6. The first-order valence-corrected chi connectivity index (χ1v) is 52.0. The van der Waals surface area contributed by atoms with Gasteiger partial charge in [0, 0.05) is 140 Å². The Morgan fingerprint density at radius 2 is 1.06 bits per heavy atom. The minimum atomic E-state index is -10.7. The first kappa shape index (κ1) is 119. The van der Waals surface area contributed by atoms with Gasteiger partial charge in [0.25, 0.3) is 10.1 Å². The number of nitrogens with zero attached hydrogens (tertiary/aromatic N) is 5. The standard InChI is InChI=1S/C39H51ClN2O3.C19H17ClN2.C16H24NO.C12H15NO.C11H16O4S.C7H8O3S.C4H8O2.ClH.F6P/c1-9-10-22-41-33-18-16-29(44-7)25-31(33)38(2,3)35(41)20-14-27-12-13-28(37(27)40)15-21-36-39(4,5)32-26-30(45-8)17-19-34(32)42(36)23-11-24-43-6;20-19-15(13-21-17-7-3-1-4-8-17)11-12-16(19)14-22-18-9-5-2-6-10-18;1-6-7-10-17-12(2)16(3,4)14-11-13(18-5)8-9-15(14)17;1-8-12(2,3)10-7-9(14-4)5-6-11(10)13-8;1-10-4-6-11(7-5-10)16(12,13)15-9-3-8-14-2;1-6-2-4-7(5-3-6)11(8,9)10;1-3-6-4(2)5;;1-7(2,3,4,5)6/h14-21,25-26,36H,9-13,22-24H2,1-8H3;1-10,13-14,21H,11-12H2;8-9,11H,6-7,10H2,1-5H3;5-7H,1-4H3;4-7H,3,8-9H2,1-2H3;2-5H,1H3,(H,8,9,10);3H2,1-2H3;1H;/q;;+1;;;;;;-1/p-1/b21-15+,27-14+,35-20+;15-13+,22-14?;;;;;;;. The van der Waals surface area contributed by atoms with Gasteiger partial charge in [0.05, 0.1) is 74.3 Å². The number of aliphatic imine (C=N–C) groups is 2. The number of unbranched alkanes of at least 4 members (excludes halogenated alkanes) is 2. The van der Waals surface area contributed by atoms with Crippen LogP contribution in [0.5, 0.6) is 23.0 Å². The van der Waals surface area contributed by atoms with Crippen LogP contribution < -0.4 is 34.1 Å². The Labute approximate surface area is 842 Å². The molecule has 0 fully saturated rings. The Balaban J connectivity index is 0.000000267. The summed E-state index contributed by atoms with van der Waals surface area (Å²) in [5.41, 5.74) is 22.7. The van der Waals surface area contributed by atoms with Crippen LogP contribution in [0.15, 0.2) is 270 Å². The summed E-state index contributed by atoms with van der Waals surface area (Å²) in [6.45, 7) is 38.9. The van der Waals surface area contributed by atoms with E-state index in [1.807, 2.05) is 99.1 Å². The van der Waals surface area contributed by atoms with Crippen LogP contribution in [0.3, 0.4) is 0 Å². The zero-order chi connectivity index (χ0) is 103. The van der Waals surface area contributed by atoms with E-state index in [9.17, 15) is 51.4 Å². The molecule has 1 unspecified atom stereocenters. The normalized spacial score (nSPS) is 17.3. The third kappa shape index (κ3) is 34.9. The molecule has 766 valence electrons. The van der Waals surface area contributed by atoms with Gasteiger partial charge in [-0.1, -0.05) is 181 Å². The van der Waals surface area contributed by atoms with E-state index in [0.717, 1.165) is 144 Å². The SMILES string of the molecule is CCCCN1/C(=C/C=C2\CCC(/C=C/C3N(CCCOC)c4ccc(OC)cc4C3(C)C)=C2Cl)C(C)(C)c2cc(OC)ccc21.CCCC[N+]1=C(C)C(C)(C)c2cc(OC)ccc21.CCOC(C)=O.COCCCOS(=O)(=O)c1ccc(C)cc1.COc1ccc2c(c1)C(C)(C)C(C)=N2.Cc1ccc(S(=O)(=O)[O-])cc1.Cl.ClC1=C(C=Nc2ccccc2)CC/C1=C\Nc1ccccc1.F[P-](F)(F)(F)(F)F. The fourth-order valence-corrected chi connectivity index (χ4v) is 18.2. The predicted octanol–water partition coefficient (Wildman–Crippen LogP) is 29.1. The van der Waals surface area contributed by atoms with E-state index >= 15 is 0 Å². The van der Waals surface area contributed by atoms with Gasteiger partial charge in [-0.05, 0) is 247 Å². The predicted molar refractivity (Wildman–Crippen MR) is 562 cm³/mol. The molecule has 14 rings (SSSR count). The van der Waals surface area contributed by atoms with Crippen molar-refractivity contribution in [2.45, 2.75) is 212 Å². The van der Waals surface area contributed by atoms with Crippen LogP contribution in [0.25, 0.3) is 0 Å². The Morgan fingerprint density at radius 3 is 1.60 bits per heavy atom. The zero-order valence-electron chi connectivity index (χ0n) is 84.5. The summed E-state index contributed by atoms with van der Waals surface area (Å²) >= 11 is 13.6. The molecule has 32 heteroatoms. The summed E-state index contributed by atoms with van der Waals surface area (Å²) in [7, 11) is -8.31. The number of benzene rings is 8. The number of hydrogen-bond donors (Lipinski definition) is 1. The van der Waals surface area contributed by atoms with Crippen LogP contribution in [0.4, 0.5) is 59.3 Å². The quantitative estimate of drug-likeness (QED) is 0.00671. The number of para-hydroxylation sites is 2. The van der Waals surface area contributed by atoms with E-state index in [-0.39, 0.29) is 62.5 Å². The van der Waals surface area contributed by atoms with Crippen molar-refractivity contribution in [1.29, 1.82) is 0 Å². The van der Waals surface area contributed by atoms with Crippen LogP contribution in [-0.4, -0.2) is 144 Å². The molecule has 2 aliphatic carbocycles. The molecule has 0 saturated heterocycles. The second-order valence-corrected chi connectivity index (χ2v) is 41.7. The van der Waals surface area contributed by atoms with Gasteiger partial charge in [-0.3, -0.25) is 19.0 Å². The second kappa shape index (κ2) is 52.2. The molecule has 20 nitrogen and oxygen atoms in total. The average molecular weight is 2060 g/mol. The summed E-state index contributed by atoms with van der Waals surface area (Å²) in [5, 5.41) is 4.98. The molecule has 8 aromatic carbocycles. The monoisotopic (exact) mass is 2060 g/mol. The molecule has 4 heterocycles. The van der Waals surface area contributed by atoms with E-state index in [1.54, 1.807) is 86.0 Å². The van der Waals surface area contributed by atoms with Crippen molar-refractivity contribution in [2.24, 2.45) is 9.98 Å². The second-order valence-electron chi connectivity index (χ2n) is 36.0. The molecule has 1 atom stereocenters. The molecular formula is C108H139Cl3F6N6O14PS2-. The van der Waals surface area contributed by atoms with Gasteiger partial charge < -0.3 is 52.8 Å². The molecule has 6 aliphatic rings. The number of halogens is 9. The Bertz CT molecular complexity index is 6010. The first-order valence-electron chi connectivity index (χ1n) is 46.4. The molecule has 8 aromatic rings. The summed E-state index contributed by atoms with van der Waals surface area (Å²) in [4.78, 5) is 23.9. The van der Waals surface area contributed by atoms with Crippen LogP contribution in [-0.2, 0) is 65.1 Å². The molecule has 4 aliphatic heterocycles. The van der Waals surface area contributed by atoms with Gasteiger partial charge in [-0.25, -0.2) is 8.42 Å². The molecule has 0 radical (unpaired) electrons. The van der Waals surface area contributed by atoms with Crippen molar-refractivity contribution in [3.63, 3.8) is 0 Å². The fraction of sp³-hybridized carbons (Fsp3) is 0.407. The number of carbonyl (C=O) groups excluding carboxylic acids is 1. The van der Waals surface area contributed by atoms with E-state index in [0.29, 0.717) is 19.6 Å². The molecule has 0 saturated carbocycles. The molecule has 1 N–H and O–H groups in total. The van der Waals surface area contributed by atoms with Gasteiger partial charge in [0.1, 0.15) is 39.7 Å². The topological polar surface area (TPSA) is 228 Å². The number of rotatable bonds is 29. The van der Waals surface area contributed by atoms with Gasteiger partial charge in [0.15, 0.2) is 5.71 Å². The number of fused-ring (bicyclic) bond motifs is 4. The van der Waals surface area contributed by atoms with E-state index < -0.39 is 28.0 Å². The molecule has 0 bridgehead atoms. The molecule has 0 aromatic heterocycles. The summed E-state index contributed by atoms with van der Waals surface area (Å²) in [6, 6.07) is 58.0. The number of nitrogens with one attached hydrogen (secondary N) is 1. The van der Waals surface area contributed by atoms with Gasteiger partial charge >= 0.3 is 39.0 Å². The van der Waals surface area contributed by atoms with Gasteiger partial charge in [0.2, 0.25) is 5.69 Å².